The molecule has 1 aromatic carbocycles. The summed E-state index contributed by atoms with van der Waals surface area (Å²) in [7, 11) is 0. The van der Waals surface area contributed by atoms with Crippen molar-refractivity contribution >= 4 is 0 Å². The van der Waals surface area contributed by atoms with Crippen LogP contribution in [0.1, 0.15) is 30.5 Å². The van der Waals surface area contributed by atoms with Gasteiger partial charge in [-0.1, -0.05) is 37.3 Å². The van der Waals surface area contributed by atoms with Gasteiger partial charge in [0, 0.05) is 12.7 Å². The third-order valence-corrected chi connectivity index (χ3v) is 3.20. The summed E-state index contributed by atoms with van der Waals surface area (Å²) in [5.74, 6) is 0. The van der Waals surface area contributed by atoms with Crippen LogP contribution in [0, 0.1) is 0 Å². The van der Waals surface area contributed by atoms with Gasteiger partial charge >= 0.3 is 6.18 Å². The van der Waals surface area contributed by atoms with Crippen LogP contribution < -0.4 is 5.32 Å². The zero-order chi connectivity index (χ0) is 15.3. The van der Waals surface area contributed by atoms with Crippen molar-refractivity contribution in [2.24, 2.45) is 0 Å². The molecule has 0 fully saturated rings. The number of hydrogen-bond acceptors (Lipinski definition) is 2. The normalized spacial score (nSPS) is 13.3. The van der Waals surface area contributed by atoms with Gasteiger partial charge in [-0.05, 0) is 18.5 Å². The first-order valence-electron chi connectivity index (χ1n) is 6.89. The van der Waals surface area contributed by atoms with Crippen molar-refractivity contribution in [1.29, 1.82) is 0 Å². The van der Waals surface area contributed by atoms with E-state index in [9.17, 15) is 13.2 Å². The van der Waals surface area contributed by atoms with Gasteiger partial charge in [-0.3, -0.25) is 4.68 Å². The SMILES string of the molecule is CCCNCC(c1ccccc1)n1cc(C(F)(F)F)cn1. The lowest BCUT2D eigenvalue weighted by atomic mass is 10.1. The van der Waals surface area contributed by atoms with Crippen molar-refractivity contribution in [3.8, 4) is 0 Å². The fourth-order valence-electron chi connectivity index (χ4n) is 2.11. The Labute approximate surface area is 121 Å². The molecule has 114 valence electrons. The average molecular weight is 297 g/mol. The minimum Gasteiger partial charge on any atom is -0.314 e. The molecule has 0 aliphatic heterocycles. The van der Waals surface area contributed by atoms with Crippen LogP contribution in [0.5, 0.6) is 0 Å². The van der Waals surface area contributed by atoms with Crippen LogP contribution in [0.3, 0.4) is 0 Å². The van der Waals surface area contributed by atoms with Crippen molar-refractivity contribution in [3.63, 3.8) is 0 Å². The Hall–Kier alpha value is -1.82. The predicted molar refractivity (Wildman–Crippen MR) is 75.0 cm³/mol. The Bertz CT molecular complexity index is 549. The third-order valence-electron chi connectivity index (χ3n) is 3.20. The number of hydrogen-bond donors (Lipinski definition) is 1. The Morgan fingerprint density at radius 3 is 2.52 bits per heavy atom. The molecule has 0 saturated heterocycles. The van der Waals surface area contributed by atoms with E-state index in [2.05, 4.69) is 10.4 Å². The van der Waals surface area contributed by atoms with Crippen molar-refractivity contribution in [2.45, 2.75) is 25.6 Å². The van der Waals surface area contributed by atoms with Gasteiger partial charge in [0.05, 0.1) is 17.8 Å². The quantitative estimate of drug-likeness (QED) is 0.827. The molecule has 2 rings (SSSR count). The van der Waals surface area contributed by atoms with Crippen molar-refractivity contribution < 1.29 is 13.2 Å². The van der Waals surface area contributed by atoms with Gasteiger partial charge in [-0.25, -0.2) is 0 Å². The number of alkyl halides is 3. The molecule has 21 heavy (non-hydrogen) atoms. The molecule has 1 N–H and O–H groups in total. The summed E-state index contributed by atoms with van der Waals surface area (Å²) in [6.07, 6.45) is -1.47. The molecule has 2 aromatic rings. The maximum absolute atomic E-state index is 12.7. The molecule has 3 nitrogen and oxygen atoms in total. The molecule has 1 heterocycles. The van der Waals surface area contributed by atoms with E-state index in [0.29, 0.717) is 6.54 Å². The van der Waals surface area contributed by atoms with Gasteiger partial charge in [0.25, 0.3) is 0 Å². The Balaban J connectivity index is 2.25. The van der Waals surface area contributed by atoms with Crippen molar-refractivity contribution in [1.82, 2.24) is 15.1 Å². The smallest absolute Gasteiger partial charge is 0.314 e. The van der Waals surface area contributed by atoms with Gasteiger partial charge in [0.15, 0.2) is 0 Å². The van der Waals surface area contributed by atoms with Crippen LogP contribution in [0.2, 0.25) is 0 Å². The highest BCUT2D eigenvalue weighted by atomic mass is 19.4. The lowest BCUT2D eigenvalue weighted by molar-refractivity contribution is -0.137. The molecule has 0 aliphatic carbocycles. The number of aromatic nitrogens is 2. The third kappa shape index (κ3) is 4.07. The first-order valence-corrected chi connectivity index (χ1v) is 6.89. The van der Waals surface area contributed by atoms with E-state index in [0.717, 1.165) is 30.9 Å². The minimum absolute atomic E-state index is 0.256. The summed E-state index contributed by atoms with van der Waals surface area (Å²) in [6.45, 7) is 3.40. The van der Waals surface area contributed by atoms with E-state index < -0.39 is 11.7 Å². The maximum atomic E-state index is 12.7. The summed E-state index contributed by atoms with van der Waals surface area (Å²) >= 11 is 0. The van der Waals surface area contributed by atoms with Crippen molar-refractivity contribution in [2.75, 3.05) is 13.1 Å². The Kier molecular flexibility index (Phi) is 5.01. The number of rotatable bonds is 6. The number of nitrogens with zero attached hydrogens (tertiary/aromatic N) is 2. The van der Waals surface area contributed by atoms with E-state index in [1.807, 2.05) is 37.3 Å². The molecule has 0 radical (unpaired) electrons. The molecular formula is C15H18F3N3. The zero-order valence-electron chi connectivity index (χ0n) is 11.8. The lowest BCUT2D eigenvalue weighted by Gasteiger charge is -2.19. The molecule has 1 unspecified atom stereocenters. The predicted octanol–water partition coefficient (Wildman–Crippen LogP) is 3.49. The highest BCUT2D eigenvalue weighted by Gasteiger charge is 2.33. The van der Waals surface area contributed by atoms with Crippen LogP contribution in [-0.4, -0.2) is 22.9 Å². The average Bonchev–Trinajstić information content (AvgIpc) is 2.94. The largest absolute Gasteiger partial charge is 0.419 e. The second-order valence-electron chi connectivity index (χ2n) is 4.84. The molecular weight excluding hydrogens is 279 g/mol. The summed E-state index contributed by atoms with van der Waals surface area (Å²) in [6, 6.07) is 9.16. The van der Waals surface area contributed by atoms with Crippen LogP contribution in [0.4, 0.5) is 13.2 Å². The fraction of sp³-hybridized carbons (Fsp3) is 0.400. The first kappa shape index (κ1) is 15.6. The van der Waals surface area contributed by atoms with Crippen molar-refractivity contribution in [3.05, 3.63) is 53.9 Å². The standard InChI is InChI=1S/C15H18F3N3/c1-2-8-19-10-14(12-6-4-3-5-7-12)21-11-13(9-20-21)15(16,17)18/h3-7,9,11,14,19H,2,8,10H2,1H3. The highest BCUT2D eigenvalue weighted by molar-refractivity contribution is 5.21. The molecule has 6 heteroatoms. The topological polar surface area (TPSA) is 29.9 Å². The van der Waals surface area contributed by atoms with E-state index in [1.54, 1.807) is 0 Å². The summed E-state index contributed by atoms with van der Waals surface area (Å²) in [4.78, 5) is 0. The molecule has 0 spiro atoms. The maximum Gasteiger partial charge on any atom is 0.419 e. The summed E-state index contributed by atoms with van der Waals surface area (Å²) in [5.41, 5.74) is 0.205. The van der Waals surface area contributed by atoms with Gasteiger partial charge in [-0.15, -0.1) is 0 Å². The fourth-order valence-corrected chi connectivity index (χ4v) is 2.11. The monoisotopic (exact) mass is 297 g/mol. The number of halogens is 3. The highest BCUT2D eigenvalue weighted by Crippen LogP contribution is 2.29. The van der Waals surface area contributed by atoms with E-state index in [-0.39, 0.29) is 6.04 Å². The van der Waals surface area contributed by atoms with Gasteiger partial charge in [0.2, 0.25) is 0 Å². The Morgan fingerprint density at radius 1 is 1.24 bits per heavy atom. The first-order chi connectivity index (χ1) is 10.0. The zero-order valence-corrected chi connectivity index (χ0v) is 11.8. The van der Waals surface area contributed by atoms with Gasteiger partial charge in [-0.2, -0.15) is 18.3 Å². The Morgan fingerprint density at radius 2 is 1.95 bits per heavy atom. The second-order valence-corrected chi connectivity index (χ2v) is 4.84. The van der Waals surface area contributed by atoms with Crippen LogP contribution in [-0.2, 0) is 6.18 Å². The summed E-state index contributed by atoms with van der Waals surface area (Å²) < 4.78 is 39.5. The minimum atomic E-state index is -4.36. The van der Waals surface area contributed by atoms with E-state index in [1.165, 1.54) is 4.68 Å². The second kappa shape index (κ2) is 6.76. The van der Waals surface area contributed by atoms with Crippen LogP contribution >= 0.6 is 0 Å². The molecule has 0 saturated carbocycles. The van der Waals surface area contributed by atoms with Crippen LogP contribution in [0.15, 0.2) is 42.7 Å². The molecule has 0 bridgehead atoms. The lowest BCUT2D eigenvalue weighted by Crippen LogP contribution is -2.27. The van der Waals surface area contributed by atoms with Gasteiger partial charge < -0.3 is 5.32 Å². The van der Waals surface area contributed by atoms with E-state index >= 15 is 0 Å². The number of benzene rings is 1. The van der Waals surface area contributed by atoms with E-state index in [4.69, 9.17) is 0 Å². The van der Waals surface area contributed by atoms with Crippen LogP contribution in [0.25, 0.3) is 0 Å². The summed E-state index contributed by atoms with van der Waals surface area (Å²) in [5, 5.41) is 7.13. The van der Waals surface area contributed by atoms with Gasteiger partial charge in [0.1, 0.15) is 0 Å². The molecule has 0 amide bonds. The molecule has 1 atom stereocenters. The number of nitrogens with one attached hydrogen (secondary N) is 1. The molecule has 0 aliphatic rings. The molecule has 1 aromatic heterocycles.